The van der Waals surface area contributed by atoms with E-state index in [1.165, 1.54) is 6.92 Å². The third kappa shape index (κ3) is 1.46. The number of amides is 1. The van der Waals surface area contributed by atoms with Crippen molar-refractivity contribution in [3.63, 3.8) is 0 Å². The largest absolute Gasteiger partial charge is 0.325 e. The number of hydrogen-bond acceptors (Lipinski definition) is 2. The zero-order valence-electron chi connectivity index (χ0n) is 7.56. The van der Waals surface area contributed by atoms with Crippen molar-refractivity contribution in [1.82, 2.24) is 0 Å². The molecule has 1 aromatic rings. The Labute approximate surface area is 89.6 Å². The Kier molecular flexibility index (Phi) is 2.15. The van der Waals surface area contributed by atoms with Gasteiger partial charge in [-0.2, -0.15) is 0 Å². The Morgan fingerprint density at radius 3 is 2.86 bits per heavy atom. The lowest BCUT2D eigenvalue weighted by molar-refractivity contribution is -0.115. The van der Waals surface area contributed by atoms with E-state index in [1.54, 1.807) is 6.07 Å². The molecule has 2 rings (SSSR count). The topological polar surface area (TPSA) is 46.2 Å². The van der Waals surface area contributed by atoms with E-state index >= 15 is 0 Å². The highest BCUT2D eigenvalue weighted by Crippen LogP contribution is 2.31. The molecule has 1 aromatic carbocycles. The molecule has 4 heteroatoms. The van der Waals surface area contributed by atoms with Crippen molar-refractivity contribution in [1.29, 1.82) is 0 Å². The number of benzene rings is 1. The molecule has 1 N–H and O–H groups in total. The summed E-state index contributed by atoms with van der Waals surface area (Å²) in [6.07, 6.45) is 0.356. The van der Waals surface area contributed by atoms with Crippen LogP contribution in [0.15, 0.2) is 16.6 Å². The lowest BCUT2D eigenvalue weighted by Gasteiger charge is -2.05. The average Bonchev–Trinajstić information content (AvgIpc) is 2.42. The van der Waals surface area contributed by atoms with Gasteiger partial charge in [-0.15, -0.1) is 0 Å². The zero-order chi connectivity index (χ0) is 10.3. The number of halogens is 1. The first-order valence-corrected chi connectivity index (χ1v) is 5.00. The van der Waals surface area contributed by atoms with Gasteiger partial charge in [-0.3, -0.25) is 9.59 Å². The molecule has 14 heavy (non-hydrogen) atoms. The number of rotatable bonds is 1. The fraction of sp³-hybridized carbons (Fsp3) is 0.200. The molecule has 3 nitrogen and oxygen atoms in total. The van der Waals surface area contributed by atoms with E-state index in [4.69, 9.17) is 0 Å². The van der Waals surface area contributed by atoms with Crippen LogP contribution >= 0.6 is 15.9 Å². The van der Waals surface area contributed by atoms with Crippen molar-refractivity contribution in [2.45, 2.75) is 13.3 Å². The minimum atomic E-state index is -0.0550. The molecule has 1 aliphatic rings. The smallest absolute Gasteiger partial charge is 0.228 e. The van der Waals surface area contributed by atoms with E-state index in [2.05, 4.69) is 21.2 Å². The first-order chi connectivity index (χ1) is 6.58. The van der Waals surface area contributed by atoms with Crippen LogP contribution in [0.3, 0.4) is 0 Å². The number of hydrogen-bond donors (Lipinski definition) is 1. The average molecular weight is 254 g/mol. The van der Waals surface area contributed by atoms with Gasteiger partial charge in [-0.1, -0.05) is 15.9 Å². The number of carbonyl (C=O) groups excluding carboxylic acids is 2. The highest BCUT2D eigenvalue weighted by Gasteiger charge is 2.22. The zero-order valence-corrected chi connectivity index (χ0v) is 9.14. The van der Waals surface area contributed by atoms with Gasteiger partial charge in [0.05, 0.1) is 12.1 Å². The molecule has 0 fully saturated rings. The monoisotopic (exact) mass is 253 g/mol. The van der Waals surface area contributed by atoms with Crippen molar-refractivity contribution in [3.8, 4) is 0 Å². The third-order valence-corrected chi connectivity index (χ3v) is 2.64. The molecule has 1 amide bonds. The second kappa shape index (κ2) is 3.20. The number of carbonyl (C=O) groups is 2. The number of nitrogens with one attached hydrogen (secondary N) is 1. The first-order valence-electron chi connectivity index (χ1n) is 4.21. The maximum atomic E-state index is 11.3. The molecular formula is C10H8BrNO2. The van der Waals surface area contributed by atoms with Crippen molar-refractivity contribution >= 4 is 33.3 Å². The first kappa shape index (κ1) is 9.40. The van der Waals surface area contributed by atoms with Crippen LogP contribution in [0.5, 0.6) is 0 Å². The summed E-state index contributed by atoms with van der Waals surface area (Å²) in [7, 11) is 0. The van der Waals surface area contributed by atoms with Crippen LogP contribution in [0.25, 0.3) is 0 Å². The number of ketones is 1. The van der Waals surface area contributed by atoms with Gasteiger partial charge in [0.15, 0.2) is 5.78 Å². The van der Waals surface area contributed by atoms with Gasteiger partial charge in [0.25, 0.3) is 0 Å². The summed E-state index contributed by atoms with van der Waals surface area (Å²) in [4.78, 5) is 22.4. The van der Waals surface area contributed by atoms with E-state index in [0.29, 0.717) is 17.7 Å². The molecule has 0 atom stereocenters. The molecule has 0 bridgehead atoms. The maximum absolute atomic E-state index is 11.3. The van der Waals surface area contributed by atoms with E-state index in [1.807, 2.05) is 6.07 Å². The van der Waals surface area contributed by atoms with Crippen molar-refractivity contribution < 1.29 is 9.59 Å². The highest BCUT2D eigenvalue weighted by molar-refractivity contribution is 9.10. The second-order valence-corrected chi connectivity index (χ2v) is 4.18. The Bertz CT molecular complexity index is 440. The van der Waals surface area contributed by atoms with E-state index in [9.17, 15) is 9.59 Å². The second-order valence-electron chi connectivity index (χ2n) is 3.27. The summed E-state index contributed by atoms with van der Waals surface area (Å²) < 4.78 is 0.831. The molecule has 1 heterocycles. The van der Waals surface area contributed by atoms with E-state index < -0.39 is 0 Å². The Morgan fingerprint density at radius 2 is 2.21 bits per heavy atom. The van der Waals surface area contributed by atoms with Crippen LogP contribution in [0.1, 0.15) is 22.8 Å². The lowest BCUT2D eigenvalue weighted by atomic mass is 10.1. The van der Waals surface area contributed by atoms with Crippen LogP contribution in [0.2, 0.25) is 0 Å². The van der Waals surface area contributed by atoms with Crippen molar-refractivity contribution in [3.05, 3.63) is 27.7 Å². The van der Waals surface area contributed by atoms with Gasteiger partial charge in [-0.05, 0) is 24.6 Å². The van der Waals surface area contributed by atoms with Crippen molar-refractivity contribution in [2.75, 3.05) is 5.32 Å². The molecule has 0 spiro atoms. The summed E-state index contributed by atoms with van der Waals surface area (Å²) in [5, 5.41) is 2.69. The Morgan fingerprint density at radius 1 is 1.50 bits per heavy atom. The molecular weight excluding hydrogens is 246 g/mol. The predicted molar refractivity (Wildman–Crippen MR) is 56.5 cm³/mol. The summed E-state index contributed by atoms with van der Waals surface area (Å²) >= 11 is 3.31. The molecule has 0 radical (unpaired) electrons. The number of Topliss-reactive ketones (excluding diaryl/α,β-unsaturated/α-hetero) is 1. The van der Waals surface area contributed by atoms with E-state index in [-0.39, 0.29) is 11.7 Å². The van der Waals surface area contributed by atoms with Crippen LogP contribution in [0, 0.1) is 0 Å². The summed E-state index contributed by atoms with van der Waals surface area (Å²) in [5.74, 6) is -0.0923. The number of anilines is 1. The summed E-state index contributed by atoms with van der Waals surface area (Å²) in [6, 6.07) is 3.59. The van der Waals surface area contributed by atoms with Crippen LogP contribution < -0.4 is 5.32 Å². The Balaban J connectivity index is 2.63. The summed E-state index contributed by atoms with van der Waals surface area (Å²) in [6.45, 7) is 1.49. The fourth-order valence-electron chi connectivity index (χ4n) is 1.58. The van der Waals surface area contributed by atoms with Crippen LogP contribution in [-0.4, -0.2) is 11.7 Å². The number of fused-ring (bicyclic) bond motifs is 1. The SMILES string of the molecule is CC(=O)c1cc(Br)cc2c1NC(=O)C2. The quantitative estimate of drug-likeness (QED) is 0.780. The standard InChI is InChI=1S/C10H8BrNO2/c1-5(13)8-4-7(11)2-6-3-9(14)12-10(6)8/h2,4H,3H2,1H3,(H,12,14). The maximum Gasteiger partial charge on any atom is 0.228 e. The van der Waals surface area contributed by atoms with Gasteiger partial charge in [0.2, 0.25) is 5.91 Å². The molecule has 1 aliphatic heterocycles. The summed E-state index contributed by atoms with van der Waals surface area (Å²) in [5.41, 5.74) is 2.13. The van der Waals surface area contributed by atoms with E-state index in [0.717, 1.165) is 10.0 Å². The normalized spacial score (nSPS) is 13.7. The van der Waals surface area contributed by atoms with Gasteiger partial charge in [-0.25, -0.2) is 0 Å². The molecule has 0 unspecified atom stereocenters. The minimum Gasteiger partial charge on any atom is -0.325 e. The lowest BCUT2D eigenvalue weighted by Crippen LogP contribution is -2.06. The molecule has 0 aromatic heterocycles. The van der Waals surface area contributed by atoms with Gasteiger partial charge < -0.3 is 5.32 Å². The fourth-order valence-corrected chi connectivity index (χ4v) is 2.09. The molecule has 0 saturated heterocycles. The molecule has 0 aliphatic carbocycles. The Hall–Kier alpha value is -1.16. The van der Waals surface area contributed by atoms with Gasteiger partial charge in [0.1, 0.15) is 0 Å². The van der Waals surface area contributed by atoms with Crippen molar-refractivity contribution in [2.24, 2.45) is 0 Å². The molecule has 0 saturated carbocycles. The van der Waals surface area contributed by atoms with Gasteiger partial charge >= 0.3 is 0 Å². The minimum absolute atomic E-state index is 0.0373. The van der Waals surface area contributed by atoms with Crippen LogP contribution in [-0.2, 0) is 11.2 Å². The van der Waals surface area contributed by atoms with Gasteiger partial charge in [0, 0.05) is 10.0 Å². The predicted octanol–water partition coefficient (Wildman–Crippen LogP) is 2.15. The third-order valence-electron chi connectivity index (χ3n) is 2.18. The highest BCUT2D eigenvalue weighted by atomic mass is 79.9. The van der Waals surface area contributed by atoms with Crippen LogP contribution in [0.4, 0.5) is 5.69 Å². The molecule has 72 valence electrons.